The van der Waals surface area contributed by atoms with Gasteiger partial charge >= 0.3 is 0 Å². The summed E-state index contributed by atoms with van der Waals surface area (Å²) in [4.78, 5) is 15.3. The summed E-state index contributed by atoms with van der Waals surface area (Å²) in [7, 11) is 0. The number of thiophene rings is 1. The van der Waals surface area contributed by atoms with Crippen molar-refractivity contribution in [2.24, 2.45) is 5.41 Å². The Kier molecular flexibility index (Phi) is 5.44. The van der Waals surface area contributed by atoms with Crippen molar-refractivity contribution in [2.75, 3.05) is 19.7 Å². The van der Waals surface area contributed by atoms with E-state index in [-0.39, 0.29) is 0 Å². The standard InChI is InChI=1S/C20H30N2O2S/c23-19(5-4-17-3-1-2-11-24-17)22(14-16-6-12-25-15-16)18-13-20(18)7-9-21-10-8-20/h6,12,15,17-18,21H,1-5,7-11,13-14H2/t17-,18-/m1/s1. The molecule has 5 heteroatoms. The maximum atomic E-state index is 13.1. The van der Waals surface area contributed by atoms with Crippen LogP contribution in [0.1, 0.15) is 56.9 Å². The third-order valence-corrected chi connectivity index (χ3v) is 7.06. The maximum Gasteiger partial charge on any atom is 0.223 e. The Hall–Kier alpha value is -0.910. The largest absolute Gasteiger partial charge is 0.378 e. The monoisotopic (exact) mass is 362 g/mol. The third kappa shape index (κ3) is 4.09. The molecule has 2 aliphatic heterocycles. The van der Waals surface area contributed by atoms with Crippen LogP contribution in [0.5, 0.6) is 0 Å². The van der Waals surface area contributed by atoms with E-state index in [0.717, 1.165) is 39.1 Å². The van der Waals surface area contributed by atoms with Gasteiger partial charge in [0.2, 0.25) is 5.91 Å². The molecule has 1 aromatic rings. The molecule has 3 aliphatic rings. The number of ether oxygens (including phenoxy) is 1. The third-order valence-electron chi connectivity index (χ3n) is 6.33. The first-order valence-corrected chi connectivity index (χ1v) is 10.8. The van der Waals surface area contributed by atoms with Crippen molar-refractivity contribution in [3.05, 3.63) is 22.4 Å². The lowest BCUT2D eigenvalue weighted by Crippen LogP contribution is -2.39. The van der Waals surface area contributed by atoms with Crippen LogP contribution in [0.25, 0.3) is 0 Å². The first-order valence-electron chi connectivity index (χ1n) is 9.90. The molecule has 0 radical (unpaired) electrons. The summed E-state index contributed by atoms with van der Waals surface area (Å²) in [5, 5.41) is 7.76. The molecule has 1 saturated carbocycles. The van der Waals surface area contributed by atoms with Gasteiger partial charge in [-0.05, 0) is 85.8 Å². The molecule has 1 aliphatic carbocycles. The summed E-state index contributed by atoms with van der Waals surface area (Å²) < 4.78 is 5.82. The zero-order chi connectivity index (χ0) is 17.1. The summed E-state index contributed by atoms with van der Waals surface area (Å²) >= 11 is 1.72. The predicted molar refractivity (Wildman–Crippen MR) is 101 cm³/mol. The maximum absolute atomic E-state index is 13.1. The molecule has 4 rings (SSSR count). The van der Waals surface area contributed by atoms with E-state index < -0.39 is 0 Å². The van der Waals surface area contributed by atoms with Gasteiger partial charge in [0.1, 0.15) is 0 Å². The lowest BCUT2D eigenvalue weighted by molar-refractivity contribution is -0.134. The van der Waals surface area contributed by atoms with Crippen LogP contribution in [0.2, 0.25) is 0 Å². The molecule has 1 spiro atoms. The van der Waals surface area contributed by atoms with E-state index in [1.165, 1.54) is 37.7 Å². The molecule has 4 nitrogen and oxygen atoms in total. The highest BCUT2D eigenvalue weighted by molar-refractivity contribution is 7.07. The average Bonchev–Trinajstić information content (AvgIpc) is 3.08. The number of piperidine rings is 1. The molecule has 0 aromatic carbocycles. The van der Waals surface area contributed by atoms with Crippen LogP contribution in [0, 0.1) is 5.41 Å². The second-order valence-corrected chi connectivity index (χ2v) is 8.79. The number of hydrogen-bond acceptors (Lipinski definition) is 4. The number of carbonyl (C=O) groups is 1. The second-order valence-electron chi connectivity index (χ2n) is 8.01. The SMILES string of the molecule is O=C(CC[C@H]1CCCCO1)N(Cc1ccsc1)[C@@H]1CC12CCNCC2. The van der Waals surface area contributed by atoms with E-state index >= 15 is 0 Å². The van der Waals surface area contributed by atoms with Gasteiger partial charge in [0, 0.05) is 25.6 Å². The summed E-state index contributed by atoms with van der Waals surface area (Å²) in [6.07, 6.45) is 9.01. The number of carbonyl (C=O) groups excluding carboxylic acids is 1. The van der Waals surface area contributed by atoms with Gasteiger partial charge in [0.15, 0.2) is 0 Å². The minimum absolute atomic E-state index is 0.299. The van der Waals surface area contributed by atoms with Crippen molar-refractivity contribution < 1.29 is 9.53 Å². The van der Waals surface area contributed by atoms with E-state index in [0.29, 0.717) is 29.9 Å². The van der Waals surface area contributed by atoms with E-state index in [9.17, 15) is 4.79 Å². The summed E-state index contributed by atoms with van der Waals surface area (Å²) in [5.74, 6) is 0.334. The van der Waals surface area contributed by atoms with E-state index in [2.05, 4.69) is 27.0 Å². The van der Waals surface area contributed by atoms with E-state index in [1.807, 2.05) is 0 Å². The molecular formula is C20H30N2O2S. The molecule has 138 valence electrons. The molecule has 0 bridgehead atoms. The highest BCUT2D eigenvalue weighted by atomic mass is 32.1. The van der Waals surface area contributed by atoms with Crippen LogP contribution >= 0.6 is 11.3 Å². The van der Waals surface area contributed by atoms with Gasteiger partial charge in [-0.1, -0.05) is 0 Å². The lowest BCUT2D eigenvalue weighted by Gasteiger charge is -2.30. The zero-order valence-corrected chi connectivity index (χ0v) is 15.9. The Balaban J connectivity index is 1.39. The lowest BCUT2D eigenvalue weighted by atomic mass is 9.93. The topological polar surface area (TPSA) is 41.6 Å². The van der Waals surface area contributed by atoms with Crippen molar-refractivity contribution in [3.63, 3.8) is 0 Å². The molecule has 3 fully saturated rings. The van der Waals surface area contributed by atoms with Crippen LogP contribution in [0.3, 0.4) is 0 Å². The van der Waals surface area contributed by atoms with Gasteiger partial charge in [0.25, 0.3) is 0 Å². The fourth-order valence-electron chi connectivity index (χ4n) is 4.64. The Bertz CT molecular complexity index is 562. The molecule has 0 unspecified atom stereocenters. The molecule has 25 heavy (non-hydrogen) atoms. The number of hydrogen-bond donors (Lipinski definition) is 1. The molecule has 1 amide bonds. The van der Waals surface area contributed by atoms with Gasteiger partial charge in [-0.15, -0.1) is 0 Å². The van der Waals surface area contributed by atoms with Crippen LogP contribution in [-0.4, -0.2) is 42.6 Å². The van der Waals surface area contributed by atoms with Crippen LogP contribution < -0.4 is 5.32 Å². The second kappa shape index (κ2) is 7.77. The minimum Gasteiger partial charge on any atom is -0.378 e. The highest BCUT2D eigenvalue weighted by Crippen LogP contribution is 2.56. The number of rotatable bonds is 6. The molecule has 1 N–H and O–H groups in total. The summed E-state index contributed by atoms with van der Waals surface area (Å²) in [6, 6.07) is 2.61. The highest BCUT2D eigenvalue weighted by Gasteiger charge is 2.57. The quantitative estimate of drug-likeness (QED) is 0.841. The fourth-order valence-corrected chi connectivity index (χ4v) is 5.30. The minimum atomic E-state index is 0.299. The average molecular weight is 363 g/mol. The van der Waals surface area contributed by atoms with Gasteiger partial charge in [-0.2, -0.15) is 11.3 Å². The normalized spacial score (nSPS) is 28.0. The molecule has 1 aromatic heterocycles. The Morgan fingerprint density at radius 2 is 2.24 bits per heavy atom. The number of nitrogens with zero attached hydrogens (tertiary/aromatic N) is 1. The molecular weight excluding hydrogens is 332 g/mol. The molecule has 3 heterocycles. The summed E-state index contributed by atoms with van der Waals surface area (Å²) in [6.45, 7) is 3.86. The van der Waals surface area contributed by atoms with E-state index in [1.54, 1.807) is 11.3 Å². The van der Waals surface area contributed by atoms with Gasteiger partial charge < -0.3 is 15.0 Å². The van der Waals surface area contributed by atoms with Crippen molar-refractivity contribution in [2.45, 2.75) is 70.1 Å². The van der Waals surface area contributed by atoms with Gasteiger partial charge in [-0.25, -0.2) is 0 Å². The Morgan fingerprint density at radius 1 is 1.36 bits per heavy atom. The number of nitrogens with one attached hydrogen (secondary N) is 1. The van der Waals surface area contributed by atoms with Crippen molar-refractivity contribution in [3.8, 4) is 0 Å². The van der Waals surface area contributed by atoms with Gasteiger partial charge in [0.05, 0.1) is 6.10 Å². The summed E-state index contributed by atoms with van der Waals surface area (Å²) in [5.41, 5.74) is 1.68. The van der Waals surface area contributed by atoms with Crippen molar-refractivity contribution >= 4 is 17.2 Å². The molecule has 2 atom stereocenters. The smallest absolute Gasteiger partial charge is 0.223 e. The van der Waals surface area contributed by atoms with Gasteiger partial charge in [-0.3, -0.25) is 4.79 Å². The Morgan fingerprint density at radius 3 is 2.96 bits per heavy atom. The fraction of sp³-hybridized carbons (Fsp3) is 0.750. The van der Waals surface area contributed by atoms with Crippen LogP contribution in [0.4, 0.5) is 0 Å². The molecule has 2 saturated heterocycles. The Labute approximate surface area is 154 Å². The zero-order valence-electron chi connectivity index (χ0n) is 15.0. The first-order chi connectivity index (χ1) is 12.3. The first kappa shape index (κ1) is 17.5. The van der Waals surface area contributed by atoms with Crippen LogP contribution in [-0.2, 0) is 16.1 Å². The van der Waals surface area contributed by atoms with Crippen molar-refractivity contribution in [1.82, 2.24) is 10.2 Å². The van der Waals surface area contributed by atoms with Crippen molar-refractivity contribution in [1.29, 1.82) is 0 Å². The van der Waals surface area contributed by atoms with E-state index in [4.69, 9.17) is 4.74 Å². The number of amides is 1. The predicted octanol–water partition coefficient (Wildman–Crippen LogP) is 3.57. The van der Waals surface area contributed by atoms with Crippen LogP contribution in [0.15, 0.2) is 16.8 Å².